The molecule has 2 N–H and O–H groups in total. The van der Waals surface area contributed by atoms with Gasteiger partial charge in [0.25, 0.3) is 0 Å². The normalized spacial score (nSPS) is 21.0. The Morgan fingerprint density at radius 1 is 1.25 bits per heavy atom. The molecule has 5 nitrogen and oxygen atoms in total. The molecular weight excluding hydrogens is 398 g/mol. The zero-order valence-corrected chi connectivity index (χ0v) is 19.0. The van der Waals surface area contributed by atoms with Crippen LogP contribution in [0.1, 0.15) is 37.0 Å². The molecule has 0 saturated carbocycles. The third kappa shape index (κ3) is 3.61. The monoisotopic (exact) mass is 429 g/mol. The number of hydrogen-bond donors (Lipinski definition) is 2. The molecule has 166 valence electrons. The van der Waals surface area contributed by atoms with E-state index in [1.54, 1.807) is 7.11 Å². The highest BCUT2D eigenvalue weighted by Gasteiger charge is 2.37. The number of rotatable bonds is 6. The quantitative estimate of drug-likeness (QED) is 0.605. The largest absolute Gasteiger partial charge is 0.496 e. The van der Waals surface area contributed by atoms with Crippen LogP contribution in [0.3, 0.4) is 0 Å². The summed E-state index contributed by atoms with van der Waals surface area (Å²) in [5, 5.41) is 4.50. The van der Waals surface area contributed by atoms with Crippen molar-refractivity contribution in [3.63, 3.8) is 0 Å². The minimum absolute atomic E-state index is 0.113. The van der Waals surface area contributed by atoms with Crippen molar-refractivity contribution in [2.24, 2.45) is 5.92 Å². The maximum Gasteiger partial charge on any atom is 0.228 e. The number of hydrogen-bond acceptors (Lipinski definition) is 3. The molecule has 5 rings (SSSR count). The standard InChI is InChI=1S/C27H31N3O2/c1-4-17(2)29-27(31)20-12-22-21-9-7-10-23-26(21)19(14-28-23)13-24(22)30(16-20)15-18-8-5-6-11-25(18)32-3/h5-12,14,17,20,24,28H,4,13,15-16H2,1-3H3,(H,29,31)/t17-,20?,24-/m1/s1. The van der Waals surface area contributed by atoms with Crippen molar-refractivity contribution in [1.82, 2.24) is 15.2 Å². The maximum absolute atomic E-state index is 13.2. The Morgan fingerprint density at radius 3 is 2.91 bits per heavy atom. The van der Waals surface area contributed by atoms with E-state index in [1.165, 1.54) is 27.6 Å². The molecule has 0 bridgehead atoms. The molecule has 0 saturated heterocycles. The van der Waals surface area contributed by atoms with E-state index in [-0.39, 0.29) is 23.9 Å². The van der Waals surface area contributed by atoms with Crippen molar-refractivity contribution in [2.75, 3.05) is 13.7 Å². The highest BCUT2D eigenvalue weighted by molar-refractivity contribution is 5.99. The maximum atomic E-state index is 13.2. The van der Waals surface area contributed by atoms with E-state index >= 15 is 0 Å². The average Bonchev–Trinajstić information content (AvgIpc) is 3.24. The summed E-state index contributed by atoms with van der Waals surface area (Å²) in [6.07, 6.45) is 6.24. The summed E-state index contributed by atoms with van der Waals surface area (Å²) in [4.78, 5) is 19.1. The second kappa shape index (κ2) is 8.47. The molecule has 3 aromatic rings. The van der Waals surface area contributed by atoms with E-state index < -0.39 is 0 Å². The lowest BCUT2D eigenvalue weighted by atomic mass is 9.79. The van der Waals surface area contributed by atoms with Gasteiger partial charge in [-0.05, 0) is 48.6 Å². The summed E-state index contributed by atoms with van der Waals surface area (Å²) in [6.45, 7) is 5.61. The van der Waals surface area contributed by atoms with Crippen LogP contribution >= 0.6 is 0 Å². The van der Waals surface area contributed by atoms with Gasteiger partial charge < -0.3 is 15.0 Å². The van der Waals surface area contributed by atoms with Crippen LogP contribution < -0.4 is 10.1 Å². The highest BCUT2D eigenvalue weighted by Crippen LogP contribution is 2.42. The van der Waals surface area contributed by atoms with Gasteiger partial charge in [0.15, 0.2) is 0 Å². The number of nitrogens with one attached hydrogen (secondary N) is 2. The molecule has 2 aromatic carbocycles. The van der Waals surface area contributed by atoms with Gasteiger partial charge in [-0.3, -0.25) is 9.69 Å². The van der Waals surface area contributed by atoms with Crippen LogP contribution in [0.15, 0.2) is 54.7 Å². The Morgan fingerprint density at radius 2 is 2.09 bits per heavy atom. The first-order valence-electron chi connectivity index (χ1n) is 11.6. The number of ether oxygens (including phenoxy) is 1. The summed E-state index contributed by atoms with van der Waals surface area (Å²) in [5.41, 5.74) is 6.19. The molecule has 0 fully saturated rings. The first-order chi connectivity index (χ1) is 15.6. The first kappa shape index (κ1) is 20.8. The smallest absolute Gasteiger partial charge is 0.228 e. The SMILES string of the molecule is CC[C@@H](C)NC(=O)C1C=C2c3cccc4[nH]cc(c34)C[C@H]2N(Cc2ccccc2OC)C1. The second-order valence-corrected chi connectivity index (χ2v) is 9.05. The third-order valence-electron chi connectivity index (χ3n) is 7.03. The summed E-state index contributed by atoms with van der Waals surface area (Å²) in [6, 6.07) is 15.0. The number of H-pyrrole nitrogens is 1. The minimum atomic E-state index is -0.180. The average molecular weight is 430 g/mol. The lowest BCUT2D eigenvalue weighted by Crippen LogP contribution is -2.49. The molecule has 5 heteroatoms. The van der Waals surface area contributed by atoms with Crippen molar-refractivity contribution in [1.29, 1.82) is 0 Å². The van der Waals surface area contributed by atoms with Crippen molar-refractivity contribution in [3.05, 3.63) is 71.4 Å². The fourth-order valence-electron chi connectivity index (χ4n) is 5.17. The number of amides is 1. The van der Waals surface area contributed by atoms with Crippen molar-refractivity contribution in [2.45, 2.75) is 45.3 Å². The van der Waals surface area contributed by atoms with Gasteiger partial charge in [-0.25, -0.2) is 0 Å². The van der Waals surface area contributed by atoms with Crippen LogP contribution in [0.25, 0.3) is 16.5 Å². The molecule has 3 atom stereocenters. The minimum Gasteiger partial charge on any atom is -0.496 e. The number of carbonyl (C=O) groups excluding carboxylic acids is 1. The van der Waals surface area contributed by atoms with Gasteiger partial charge in [0.1, 0.15) is 5.75 Å². The molecule has 32 heavy (non-hydrogen) atoms. The Hall–Kier alpha value is -3.05. The zero-order chi connectivity index (χ0) is 22.2. The van der Waals surface area contributed by atoms with Crippen molar-refractivity contribution in [3.8, 4) is 5.75 Å². The number of para-hydroxylation sites is 1. The molecule has 1 amide bonds. The summed E-state index contributed by atoms with van der Waals surface area (Å²) < 4.78 is 5.63. The lowest BCUT2D eigenvalue weighted by molar-refractivity contribution is -0.125. The van der Waals surface area contributed by atoms with Gasteiger partial charge in [0.05, 0.1) is 13.0 Å². The third-order valence-corrected chi connectivity index (χ3v) is 7.03. The Balaban J connectivity index is 1.56. The number of carbonyl (C=O) groups is 1. The molecule has 0 radical (unpaired) electrons. The molecule has 1 aliphatic heterocycles. The van der Waals surface area contributed by atoms with Crippen LogP contribution in [0.2, 0.25) is 0 Å². The lowest BCUT2D eigenvalue weighted by Gasteiger charge is -2.42. The molecule has 1 unspecified atom stereocenters. The Bertz CT molecular complexity index is 1180. The first-order valence-corrected chi connectivity index (χ1v) is 11.6. The molecule has 1 aliphatic carbocycles. The summed E-state index contributed by atoms with van der Waals surface area (Å²) in [7, 11) is 1.72. The van der Waals surface area contributed by atoms with Gasteiger partial charge in [0.2, 0.25) is 5.91 Å². The number of methoxy groups -OCH3 is 1. The van der Waals surface area contributed by atoms with E-state index in [2.05, 4.69) is 71.7 Å². The second-order valence-electron chi connectivity index (χ2n) is 9.05. The zero-order valence-electron chi connectivity index (χ0n) is 19.0. The van der Waals surface area contributed by atoms with E-state index in [0.717, 1.165) is 30.7 Å². The van der Waals surface area contributed by atoms with E-state index in [9.17, 15) is 4.79 Å². The number of aromatic amines is 1. The van der Waals surface area contributed by atoms with Crippen LogP contribution in [-0.2, 0) is 17.8 Å². The molecule has 0 spiro atoms. The van der Waals surface area contributed by atoms with Gasteiger partial charge in [-0.15, -0.1) is 0 Å². The van der Waals surface area contributed by atoms with Gasteiger partial charge in [0, 0.05) is 47.8 Å². The Labute approximate surface area is 189 Å². The molecular formula is C27H31N3O2. The fourth-order valence-corrected chi connectivity index (χ4v) is 5.17. The van der Waals surface area contributed by atoms with E-state index in [0.29, 0.717) is 6.54 Å². The predicted molar refractivity (Wildman–Crippen MR) is 129 cm³/mol. The number of benzene rings is 2. The van der Waals surface area contributed by atoms with Gasteiger partial charge >= 0.3 is 0 Å². The topological polar surface area (TPSA) is 57.4 Å². The van der Waals surface area contributed by atoms with E-state index in [1.807, 2.05) is 12.1 Å². The molecule has 2 aliphatic rings. The van der Waals surface area contributed by atoms with Gasteiger partial charge in [-0.1, -0.05) is 43.3 Å². The van der Waals surface area contributed by atoms with Crippen LogP contribution in [0.4, 0.5) is 0 Å². The molecule has 1 aromatic heterocycles. The fraction of sp³-hybridized carbons (Fsp3) is 0.370. The van der Waals surface area contributed by atoms with Crippen LogP contribution in [-0.4, -0.2) is 41.5 Å². The molecule has 2 heterocycles. The van der Waals surface area contributed by atoms with Gasteiger partial charge in [-0.2, -0.15) is 0 Å². The van der Waals surface area contributed by atoms with Crippen molar-refractivity contribution >= 4 is 22.4 Å². The summed E-state index contributed by atoms with van der Waals surface area (Å²) >= 11 is 0. The van der Waals surface area contributed by atoms with Crippen LogP contribution in [0.5, 0.6) is 5.75 Å². The summed E-state index contributed by atoms with van der Waals surface area (Å²) in [5.74, 6) is 0.826. The number of aromatic nitrogens is 1. The highest BCUT2D eigenvalue weighted by atomic mass is 16.5. The predicted octanol–water partition coefficient (Wildman–Crippen LogP) is 4.53. The van der Waals surface area contributed by atoms with E-state index in [4.69, 9.17) is 4.74 Å². The van der Waals surface area contributed by atoms with Crippen LogP contribution in [0, 0.1) is 5.92 Å². The Kier molecular flexibility index (Phi) is 5.51. The number of fused-ring (bicyclic) bond motifs is 2. The van der Waals surface area contributed by atoms with Crippen molar-refractivity contribution < 1.29 is 9.53 Å². The number of nitrogens with zero attached hydrogens (tertiary/aromatic N) is 1.